The number of piperidine rings is 1. The second kappa shape index (κ2) is 11.5. The van der Waals surface area contributed by atoms with Crippen molar-refractivity contribution in [3.63, 3.8) is 0 Å². The predicted octanol–water partition coefficient (Wildman–Crippen LogP) is 5.84. The van der Waals surface area contributed by atoms with Crippen molar-refractivity contribution in [1.82, 2.24) is 4.90 Å². The molecule has 1 aromatic rings. The molecule has 3 rings (SSSR count). The van der Waals surface area contributed by atoms with Crippen LogP contribution in [0, 0.1) is 5.92 Å². The average Bonchev–Trinajstić information content (AvgIpc) is 3.54. The number of epoxide rings is 1. The first-order chi connectivity index (χ1) is 13.3. The highest BCUT2D eigenvalue weighted by atomic mass is 16.6. The minimum Gasteiger partial charge on any atom is -0.373 e. The highest BCUT2D eigenvalue weighted by molar-refractivity contribution is 5.94. The first kappa shape index (κ1) is 20.4. The van der Waals surface area contributed by atoms with Crippen LogP contribution in [-0.4, -0.2) is 36.6 Å². The third kappa shape index (κ3) is 7.65. The molecule has 1 amide bonds. The molecule has 3 nitrogen and oxygen atoms in total. The van der Waals surface area contributed by atoms with E-state index in [0.717, 1.165) is 31.2 Å². The van der Waals surface area contributed by atoms with Crippen LogP contribution >= 0.6 is 0 Å². The first-order valence-electron chi connectivity index (χ1n) is 11.3. The molecule has 1 unspecified atom stereocenters. The number of hydrogen-bond acceptors (Lipinski definition) is 2. The van der Waals surface area contributed by atoms with Gasteiger partial charge in [-0.1, -0.05) is 76.0 Å². The maximum absolute atomic E-state index is 12.5. The summed E-state index contributed by atoms with van der Waals surface area (Å²) in [5.41, 5.74) is 0.830. The van der Waals surface area contributed by atoms with E-state index in [1.807, 2.05) is 35.2 Å². The normalized spacial score (nSPS) is 20.0. The van der Waals surface area contributed by atoms with E-state index in [4.69, 9.17) is 4.74 Å². The number of benzene rings is 1. The van der Waals surface area contributed by atoms with E-state index in [-0.39, 0.29) is 5.91 Å². The molecule has 27 heavy (non-hydrogen) atoms. The van der Waals surface area contributed by atoms with Crippen molar-refractivity contribution in [2.75, 3.05) is 19.7 Å². The molecule has 0 spiro atoms. The topological polar surface area (TPSA) is 32.8 Å². The Morgan fingerprint density at radius 1 is 0.852 bits per heavy atom. The van der Waals surface area contributed by atoms with Gasteiger partial charge in [-0.05, 0) is 37.3 Å². The minimum absolute atomic E-state index is 0.207. The molecule has 1 atom stereocenters. The van der Waals surface area contributed by atoms with Gasteiger partial charge >= 0.3 is 0 Å². The Hall–Kier alpha value is -1.35. The summed E-state index contributed by atoms with van der Waals surface area (Å²) in [7, 11) is 0. The molecule has 0 saturated carbocycles. The van der Waals surface area contributed by atoms with E-state index in [1.165, 1.54) is 77.0 Å². The molecular formula is C24H37NO2. The van der Waals surface area contributed by atoms with Crippen molar-refractivity contribution in [1.29, 1.82) is 0 Å². The smallest absolute Gasteiger partial charge is 0.253 e. The zero-order valence-corrected chi connectivity index (χ0v) is 16.9. The van der Waals surface area contributed by atoms with E-state index in [1.54, 1.807) is 0 Å². The molecule has 3 heteroatoms. The van der Waals surface area contributed by atoms with Crippen LogP contribution in [0.1, 0.15) is 87.4 Å². The van der Waals surface area contributed by atoms with Crippen LogP contribution in [-0.2, 0) is 4.74 Å². The summed E-state index contributed by atoms with van der Waals surface area (Å²) in [6.45, 7) is 2.89. The SMILES string of the molecule is O=C(c1ccccc1)N1CCC(CCCCCCCCCCC2CO2)CC1. The van der Waals surface area contributed by atoms with E-state index >= 15 is 0 Å². The number of nitrogens with zero attached hydrogens (tertiary/aromatic N) is 1. The zero-order chi connectivity index (χ0) is 18.7. The summed E-state index contributed by atoms with van der Waals surface area (Å²) in [4.78, 5) is 14.5. The summed E-state index contributed by atoms with van der Waals surface area (Å²) in [5, 5.41) is 0. The molecule has 0 aliphatic carbocycles. The summed E-state index contributed by atoms with van der Waals surface area (Å²) in [6.07, 6.45) is 16.8. The van der Waals surface area contributed by atoms with E-state index in [9.17, 15) is 4.79 Å². The zero-order valence-electron chi connectivity index (χ0n) is 16.9. The molecule has 0 radical (unpaired) electrons. The van der Waals surface area contributed by atoms with Crippen molar-refractivity contribution in [3.8, 4) is 0 Å². The third-order valence-electron chi connectivity index (χ3n) is 6.21. The Bertz CT molecular complexity index is 533. The van der Waals surface area contributed by atoms with Gasteiger partial charge in [0.05, 0.1) is 12.7 Å². The summed E-state index contributed by atoms with van der Waals surface area (Å²) >= 11 is 0. The lowest BCUT2D eigenvalue weighted by Crippen LogP contribution is -2.38. The quantitative estimate of drug-likeness (QED) is 0.342. The largest absolute Gasteiger partial charge is 0.373 e. The summed E-state index contributed by atoms with van der Waals surface area (Å²) < 4.78 is 5.25. The Morgan fingerprint density at radius 3 is 2.00 bits per heavy atom. The van der Waals surface area contributed by atoms with E-state index in [0.29, 0.717) is 6.10 Å². The molecule has 0 N–H and O–H groups in total. The van der Waals surface area contributed by atoms with Crippen molar-refractivity contribution in [2.24, 2.45) is 5.92 Å². The van der Waals surface area contributed by atoms with Crippen LogP contribution in [0.5, 0.6) is 0 Å². The number of likely N-dealkylation sites (tertiary alicyclic amines) is 1. The molecule has 2 aliphatic heterocycles. The molecule has 2 heterocycles. The molecule has 0 aromatic heterocycles. The fourth-order valence-corrected chi connectivity index (χ4v) is 4.29. The molecule has 2 aliphatic rings. The fourth-order valence-electron chi connectivity index (χ4n) is 4.29. The molecular weight excluding hydrogens is 334 g/mol. The number of amides is 1. The van der Waals surface area contributed by atoms with Gasteiger partial charge in [0.2, 0.25) is 0 Å². The van der Waals surface area contributed by atoms with Crippen molar-refractivity contribution in [3.05, 3.63) is 35.9 Å². The van der Waals surface area contributed by atoms with Crippen LogP contribution in [0.15, 0.2) is 30.3 Å². The highest BCUT2D eigenvalue weighted by Crippen LogP contribution is 2.24. The van der Waals surface area contributed by atoms with Crippen LogP contribution in [0.25, 0.3) is 0 Å². The van der Waals surface area contributed by atoms with E-state index in [2.05, 4.69) is 0 Å². The minimum atomic E-state index is 0.207. The maximum Gasteiger partial charge on any atom is 0.253 e. The van der Waals surface area contributed by atoms with Crippen LogP contribution in [0.4, 0.5) is 0 Å². The Kier molecular flexibility index (Phi) is 8.67. The fraction of sp³-hybridized carbons (Fsp3) is 0.708. The molecule has 150 valence electrons. The van der Waals surface area contributed by atoms with E-state index < -0.39 is 0 Å². The summed E-state index contributed by atoms with van der Waals surface area (Å²) in [6, 6.07) is 9.71. The first-order valence-corrected chi connectivity index (χ1v) is 11.3. The van der Waals surface area contributed by atoms with Gasteiger partial charge < -0.3 is 9.64 Å². The lowest BCUT2D eigenvalue weighted by Gasteiger charge is -2.32. The second-order valence-electron chi connectivity index (χ2n) is 8.46. The van der Waals surface area contributed by atoms with Gasteiger partial charge in [0.25, 0.3) is 5.91 Å². The van der Waals surface area contributed by atoms with Crippen LogP contribution in [0.2, 0.25) is 0 Å². The Labute approximate surface area is 165 Å². The van der Waals surface area contributed by atoms with Gasteiger partial charge in [0.15, 0.2) is 0 Å². The molecule has 2 saturated heterocycles. The van der Waals surface area contributed by atoms with Gasteiger partial charge in [0, 0.05) is 18.7 Å². The number of unbranched alkanes of at least 4 members (excludes halogenated alkanes) is 7. The van der Waals surface area contributed by atoms with Gasteiger partial charge in [-0.2, -0.15) is 0 Å². The third-order valence-corrected chi connectivity index (χ3v) is 6.21. The Morgan fingerprint density at radius 2 is 1.41 bits per heavy atom. The number of carbonyl (C=O) groups excluding carboxylic acids is 1. The van der Waals surface area contributed by atoms with Crippen molar-refractivity contribution < 1.29 is 9.53 Å². The number of ether oxygens (including phenoxy) is 1. The summed E-state index contributed by atoms with van der Waals surface area (Å²) in [5.74, 6) is 1.04. The van der Waals surface area contributed by atoms with Crippen LogP contribution in [0.3, 0.4) is 0 Å². The lowest BCUT2D eigenvalue weighted by molar-refractivity contribution is 0.0685. The van der Waals surface area contributed by atoms with Gasteiger partial charge in [0.1, 0.15) is 0 Å². The highest BCUT2D eigenvalue weighted by Gasteiger charge is 2.23. The average molecular weight is 372 g/mol. The number of hydrogen-bond donors (Lipinski definition) is 0. The van der Waals surface area contributed by atoms with Crippen molar-refractivity contribution in [2.45, 2.75) is 83.2 Å². The Balaban J connectivity index is 1.15. The predicted molar refractivity (Wildman–Crippen MR) is 111 cm³/mol. The number of carbonyl (C=O) groups is 1. The standard InChI is InChI=1S/C24H37NO2/c26-24(22-13-9-7-10-14-22)25-18-16-21(17-19-25)12-8-5-3-1-2-4-6-11-15-23-20-27-23/h7,9-10,13-14,21,23H,1-6,8,11-12,15-20H2. The maximum atomic E-state index is 12.5. The monoisotopic (exact) mass is 371 g/mol. The van der Waals surface area contributed by atoms with Gasteiger partial charge in [-0.3, -0.25) is 4.79 Å². The van der Waals surface area contributed by atoms with Crippen LogP contribution < -0.4 is 0 Å². The number of rotatable bonds is 12. The molecule has 1 aromatic carbocycles. The van der Waals surface area contributed by atoms with Gasteiger partial charge in [-0.15, -0.1) is 0 Å². The van der Waals surface area contributed by atoms with Gasteiger partial charge in [-0.25, -0.2) is 0 Å². The van der Waals surface area contributed by atoms with Crippen molar-refractivity contribution >= 4 is 5.91 Å². The second-order valence-corrected chi connectivity index (χ2v) is 8.46. The molecule has 0 bridgehead atoms. The lowest BCUT2D eigenvalue weighted by atomic mass is 9.90. The molecule has 2 fully saturated rings.